The van der Waals surface area contributed by atoms with Crippen LogP contribution in [0.3, 0.4) is 0 Å². The summed E-state index contributed by atoms with van der Waals surface area (Å²) >= 11 is 12.5. The van der Waals surface area contributed by atoms with Crippen molar-refractivity contribution in [1.29, 1.82) is 0 Å². The van der Waals surface area contributed by atoms with E-state index in [0.717, 1.165) is 22.2 Å². The Hall–Kier alpha value is -3.15. The quantitative estimate of drug-likeness (QED) is 0.211. The minimum Gasteiger partial charge on any atom is -0.462 e. The number of rotatable bonds is 5. The highest BCUT2D eigenvalue weighted by atomic mass is 35.5. The Balaban J connectivity index is 1.89. The summed E-state index contributed by atoms with van der Waals surface area (Å²) in [6, 6.07) is 14.4. The third kappa shape index (κ3) is 3.71. The van der Waals surface area contributed by atoms with E-state index >= 15 is 0 Å². The van der Waals surface area contributed by atoms with Crippen molar-refractivity contribution in [3.8, 4) is 11.1 Å². The summed E-state index contributed by atoms with van der Waals surface area (Å²) in [5.74, 6) is -0.680. The minimum atomic E-state index is -0.371. The fourth-order valence-corrected chi connectivity index (χ4v) is 4.22. The lowest BCUT2D eigenvalue weighted by Gasteiger charge is -2.07. The number of aromatic nitrogens is 2. The van der Waals surface area contributed by atoms with E-state index in [1.54, 1.807) is 25.1 Å². The number of benzene rings is 1. The number of carbonyl (C=O) groups excluding carboxylic acids is 2. The summed E-state index contributed by atoms with van der Waals surface area (Å²) in [6.07, 6.45) is 3.28. The fourth-order valence-electron chi connectivity index (χ4n) is 3.70. The number of carbonyl (C=O) groups is 2. The standard InChI is InChI=1S/C24H18Cl2N2O3/c1-3-31-24(30)16-9-7-15(8-10-16)19-14(2)21(28-13-5-4-6-18(19)28)22(29)20-17(25)11-12-27-23(20)26/h4-13H,3H2,1-2H3. The average Bonchev–Trinajstić information content (AvgIpc) is 3.05. The highest BCUT2D eigenvalue weighted by Gasteiger charge is 2.26. The van der Waals surface area contributed by atoms with Crippen LogP contribution in [0.4, 0.5) is 0 Å². The van der Waals surface area contributed by atoms with E-state index in [4.69, 9.17) is 27.9 Å². The van der Waals surface area contributed by atoms with Gasteiger partial charge in [-0.15, -0.1) is 0 Å². The van der Waals surface area contributed by atoms with Gasteiger partial charge in [-0.3, -0.25) is 4.79 Å². The van der Waals surface area contributed by atoms with Gasteiger partial charge in [0, 0.05) is 18.0 Å². The maximum absolute atomic E-state index is 13.5. The van der Waals surface area contributed by atoms with Crippen LogP contribution in [-0.2, 0) is 4.74 Å². The molecule has 3 aromatic heterocycles. The number of hydrogen-bond acceptors (Lipinski definition) is 4. The van der Waals surface area contributed by atoms with Crippen LogP contribution >= 0.6 is 23.2 Å². The third-order valence-corrected chi connectivity index (χ3v) is 5.67. The number of fused-ring (bicyclic) bond motifs is 1. The summed E-state index contributed by atoms with van der Waals surface area (Å²) in [5, 5.41) is 0.304. The third-order valence-electron chi connectivity index (χ3n) is 5.07. The molecule has 0 aliphatic heterocycles. The highest BCUT2D eigenvalue weighted by Crippen LogP contribution is 2.35. The molecule has 0 aliphatic rings. The zero-order valence-electron chi connectivity index (χ0n) is 16.9. The highest BCUT2D eigenvalue weighted by molar-refractivity contribution is 6.40. The maximum Gasteiger partial charge on any atom is 0.338 e. The summed E-state index contributed by atoms with van der Waals surface area (Å²) in [6.45, 7) is 3.96. The van der Waals surface area contributed by atoms with Gasteiger partial charge in [0.15, 0.2) is 0 Å². The largest absolute Gasteiger partial charge is 0.462 e. The predicted molar refractivity (Wildman–Crippen MR) is 121 cm³/mol. The van der Waals surface area contributed by atoms with Crippen molar-refractivity contribution < 1.29 is 14.3 Å². The molecule has 0 N–H and O–H groups in total. The lowest BCUT2D eigenvalue weighted by atomic mass is 9.98. The molecule has 0 unspecified atom stereocenters. The molecule has 0 bridgehead atoms. The van der Waals surface area contributed by atoms with Gasteiger partial charge in [0.2, 0.25) is 5.78 Å². The Bertz CT molecular complexity index is 1290. The molecular weight excluding hydrogens is 435 g/mol. The molecule has 1 aromatic carbocycles. The molecule has 7 heteroatoms. The molecule has 0 fully saturated rings. The van der Waals surface area contributed by atoms with E-state index in [9.17, 15) is 9.59 Å². The van der Waals surface area contributed by atoms with Crippen molar-refractivity contribution >= 4 is 40.5 Å². The van der Waals surface area contributed by atoms with E-state index < -0.39 is 0 Å². The Morgan fingerprint density at radius 1 is 1.06 bits per heavy atom. The maximum atomic E-state index is 13.5. The summed E-state index contributed by atoms with van der Waals surface area (Å²) < 4.78 is 6.88. The second-order valence-corrected chi connectivity index (χ2v) is 7.66. The molecule has 4 aromatic rings. The van der Waals surface area contributed by atoms with Gasteiger partial charge < -0.3 is 9.14 Å². The molecule has 0 spiro atoms. The molecule has 3 heterocycles. The number of hydrogen-bond donors (Lipinski definition) is 0. The first-order valence-corrected chi connectivity index (χ1v) is 10.4. The van der Waals surface area contributed by atoms with Crippen molar-refractivity contribution in [2.75, 3.05) is 6.61 Å². The van der Waals surface area contributed by atoms with Crippen LogP contribution in [-0.4, -0.2) is 27.7 Å². The Morgan fingerprint density at radius 2 is 1.81 bits per heavy atom. The van der Waals surface area contributed by atoms with Gasteiger partial charge in [-0.25, -0.2) is 9.78 Å². The van der Waals surface area contributed by atoms with Gasteiger partial charge in [0.25, 0.3) is 0 Å². The van der Waals surface area contributed by atoms with E-state index in [-0.39, 0.29) is 27.5 Å². The monoisotopic (exact) mass is 452 g/mol. The van der Waals surface area contributed by atoms with Crippen molar-refractivity contribution in [3.05, 3.63) is 93.5 Å². The first-order chi connectivity index (χ1) is 14.9. The fraction of sp³-hybridized carbons (Fsp3) is 0.125. The molecular formula is C24H18Cl2N2O3. The number of esters is 1. The average molecular weight is 453 g/mol. The number of halogens is 2. The van der Waals surface area contributed by atoms with E-state index in [2.05, 4.69) is 4.98 Å². The van der Waals surface area contributed by atoms with Crippen molar-refractivity contribution in [2.24, 2.45) is 0 Å². The van der Waals surface area contributed by atoms with E-state index in [0.29, 0.717) is 17.9 Å². The van der Waals surface area contributed by atoms with Gasteiger partial charge in [-0.05, 0) is 55.3 Å². The Morgan fingerprint density at radius 3 is 2.48 bits per heavy atom. The van der Waals surface area contributed by atoms with Gasteiger partial charge >= 0.3 is 5.97 Å². The smallest absolute Gasteiger partial charge is 0.338 e. The zero-order chi connectivity index (χ0) is 22.1. The van der Waals surface area contributed by atoms with Crippen LogP contribution < -0.4 is 0 Å². The lowest BCUT2D eigenvalue weighted by Crippen LogP contribution is -2.09. The zero-order valence-corrected chi connectivity index (χ0v) is 18.4. The molecule has 156 valence electrons. The van der Waals surface area contributed by atoms with Crippen LogP contribution in [0.5, 0.6) is 0 Å². The topological polar surface area (TPSA) is 60.7 Å². The number of nitrogens with zero attached hydrogens (tertiary/aromatic N) is 2. The van der Waals surface area contributed by atoms with E-state index in [1.165, 1.54) is 6.20 Å². The van der Waals surface area contributed by atoms with Gasteiger partial charge in [0.05, 0.1) is 34.0 Å². The Kier molecular flexibility index (Phi) is 5.81. The number of ether oxygens (including phenoxy) is 1. The molecule has 0 saturated heterocycles. The van der Waals surface area contributed by atoms with Gasteiger partial charge in [-0.2, -0.15) is 0 Å². The molecule has 0 amide bonds. The second-order valence-electron chi connectivity index (χ2n) is 6.89. The SMILES string of the molecule is CCOC(=O)c1ccc(-c2c(C)c(C(=O)c3c(Cl)ccnc3Cl)n3ccccc23)cc1. The lowest BCUT2D eigenvalue weighted by molar-refractivity contribution is 0.0526. The van der Waals surface area contributed by atoms with Crippen LogP contribution in [0.15, 0.2) is 60.9 Å². The molecule has 31 heavy (non-hydrogen) atoms. The summed E-state index contributed by atoms with van der Waals surface area (Å²) in [5.41, 5.74) is 4.47. The summed E-state index contributed by atoms with van der Waals surface area (Å²) in [4.78, 5) is 29.5. The van der Waals surface area contributed by atoms with Crippen LogP contribution in [0, 0.1) is 6.92 Å². The van der Waals surface area contributed by atoms with Gasteiger partial charge in [-0.1, -0.05) is 41.4 Å². The molecule has 5 nitrogen and oxygen atoms in total. The molecule has 0 radical (unpaired) electrons. The number of pyridine rings is 2. The van der Waals surface area contributed by atoms with Crippen molar-refractivity contribution in [2.45, 2.75) is 13.8 Å². The van der Waals surface area contributed by atoms with Gasteiger partial charge in [0.1, 0.15) is 5.15 Å². The Labute approximate surface area is 189 Å². The second kappa shape index (κ2) is 8.53. The first-order valence-electron chi connectivity index (χ1n) is 9.66. The normalized spacial score (nSPS) is 11.0. The van der Waals surface area contributed by atoms with Crippen LogP contribution in [0.25, 0.3) is 16.6 Å². The van der Waals surface area contributed by atoms with E-state index in [1.807, 2.05) is 47.9 Å². The van der Waals surface area contributed by atoms with Crippen LogP contribution in [0.1, 0.15) is 38.9 Å². The molecule has 0 aliphatic carbocycles. The molecule has 0 atom stereocenters. The van der Waals surface area contributed by atoms with Crippen molar-refractivity contribution in [3.63, 3.8) is 0 Å². The number of ketones is 1. The summed E-state index contributed by atoms with van der Waals surface area (Å²) in [7, 11) is 0. The molecule has 4 rings (SSSR count). The predicted octanol–water partition coefficient (Wildman–Crippen LogP) is 6.02. The van der Waals surface area contributed by atoms with Crippen molar-refractivity contribution in [1.82, 2.24) is 9.38 Å². The minimum absolute atomic E-state index is 0.0584. The van der Waals surface area contributed by atoms with Crippen LogP contribution in [0.2, 0.25) is 10.2 Å². The first kappa shape index (κ1) is 21.1. The molecule has 0 saturated carbocycles.